The van der Waals surface area contributed by atoms with Gasteiger partial charge in [0.2, 0.25) is 0 Å². The molecule has 8 nitrogen and oxygen atoms in total. The summed E-state index contributed by atoms with van der Waals surface area (Å²) in [6, 6.07) is 0.0141. The number of carbonyl (C=O) groups is 1. The van der Waals surface area contributed by atoms with Crippen LogP contribution in [-0.4, -0.2) is 80.7 Å². The van der Waals surface area contributed by atoms with Gasteiger partial charge in [0.15, 0.2) is 5.96 Å². The molecule has 1 atom stereocenters. The number of hydrogen-bond donors (Lipinski definition) is 4. The fourth-order valence-electron chi connectivity index (χ4n) is 4.40. The second-order valence-corrected chi connectivity index (χ2v) is 12.9. The molecule has 2 aliphatic heterocycles. The van der Waals surface area contributed by atoms with Crippen LogP contribution in [0, 0.1) is 5.92 Å². The molecule has 2 aliphatic rings. The van der Waals surface area contributed by atoms with Gasteiger partial charge in [-0.25, -0.2) is 4.99 Å². The third-order valence-electron chi connectivity index (χ3n) is 6.66. The van der Waals surface area contributed by atoms with Crippen LogP contribution in [0.5, 0.6) is 0 Å². The lowest BCUT2D eigenvalue weighted by Crippen LogP contribution is -2.56. The van der Waals surface area contributed by atoms with Gasteiger partial charge >= 0.3 is 5.91 Å². The summed E-state index contributed by atoms with van der Waals surface area (Å²) in [5.74, 6) is 0.776. The van der Waals surface area contributed by atoms with Crippen molar-refractivity contribution in [2.24, 2.45) is 16.6 Å². The van der Waals surface area contributed by atoms with E-state index in [1.807, 2.05) is 0 Å². The van der Waals surface area contributed by atoms with Gasteiger partial charge in [-0.1, -0.05) is 34.6 Å². The number of fused-ring (bicyclic) bond motifs is 1. The summed E-state index contributed by atoms with van der Waals surface area (Å²) >= 11 is 0.000739. The van der Waals surface area contributed by atoms with E-state index in [1.165, 1.54) is 16.8 Å². The Kier molecular flexibility index (Phi) is 9.69. The number of hydrogen-bond acceptors (Lipinski definition) is 3. The van der Waals surface area contributed by atoms with Gasteiger partial charge in [0.25, 0.3) is 5.71 Å². The minimum Gasteiger partial charge on any atom is -0.370 e. The lowest BCUT2D eigenvalue weighted by Gasteiger charge is -2.42. The van der Waals surface area contributed by atoms with E-state index in [0.29, 0.717) is 11.9 Å². The van der Waals surface area contributed by atoms with Gasteiger partial charge in [-0.3, -0.25) is 15.1 Å². The zero-order chi connectivity index (χ0) is 25.6. The maximum atomic E-state index is 12.9. The normalized spacial score (nSPS) is 17.8. The SMILES string of the molecule is CC(C)CCC(Cc1c[nH]c2c1C=CI=C2)NC(=O)C(=[NH2+])CN=C(N)N1CCN(C(C)(C)C)CC1. The molecule has 1 aromatic rings. The van der Waals surface area contributed by atoms with Crippen molar-refractivity contribution in [3.8, 4) is 0 Å². The Morgan fingerprint density at radius 2 is 1.97 bits per heavy atom. The van der Waals surface area contributed by atoms with Crippen LogP contribution >= 0.6 is 20.7 Å². The zero-order valence-electron chi connectivity index (χ0n) is 21.9. The molecular weight excluding hydrogens is 553 g/mol. The lowest BCUT2D eigenvalue weighted by atomic mass is 9.96. The molecule has 0 aliphatic carbocycles. The van der Waals surface area contributed by atoms with Crippen LogP contribution in [0.15, 0.2) is 15.3 Å². The number of nitrogens with zero attached hydrogens (tertiary/aromatic N) is 3. The number of piperazine rings is 1. The molecule has 0 saturated carbocycles. The molecule has 0 bridgehead atoms. The van der Waals surface area contributed by atoms with Gasteiger partial charge in [0, 0.05) is 49.5 Å². The van der Waals surface area contributed by atoms with Crippen LogP contribution in [0.4, 0.5) is 0 Å². The average molecular weight is 597 g/mol. The van der Waals surface area contributed by atoms with Crippen LogP contribution in [0.2, 0.25) is 0 Å². The molecule has 194 valence electrons. The number of aliphatic imine (C=N–C) groups is 1. The summed E-state index contributed by atoms with van der Waals surface area (Å²) < 4.78 is 4.58. The topological polar surface area (TPSA) is 115 Å². The summed E-state index contributed by atoms with van der Waals surface area (Å²) in [6.45, 7) is 14.7. The van der Waals surface area contributed by atoms with Gasteiger partial charge in [-0.15, -0.1) is 0 Å². The highest BCUT2D eigenvalue weighted by Gasteiger charge is 2.27. The molecule has 3 heterocycles. The Bertz CT molecular complexity index is 978. The number of amides is 1. The minimum absolute atomic E-state index is 0.000739. The lowest BCUT2D eigenvalue weighted by molar-refractivity contribution is -0.137. The number of H-pyrrole nitrogens is 1. The van der Waals surface area contributed by atoms with Crippen molar-refractivity contribution in [3.05, 3.63) is 27.1 Å². The number of nitrogens with one attached hydrogen (secondary N) is 2. The predicted molar refractivity (Wildman–Crippen MR) is 155 cm³/mol. The minimum atomic E-state index is -0.245. The van der Waals surface area contributed by atoms with Gasteiger partial charge in [-0.2, -0.15) is 0 Å². The maximum absolute atomic E-state index is 12.9. The fraction of sp³-hybridized carbons (Fsp3) is 0.615. The van der Waals surface area contributed by atoms with E-state index in [2.05, 4.69) is 80.1 Å². The predicted octanol–water partition coefficient (Wildman–Crippen LogP) is 1.51. The Balaban J connectivity index is 1.56. The average Bonchev–Trinajstić information content (AvgIpc) is 3.23. The van der Waals surface area contributed by atoms with Crippen molar-refractivity contribution in [3.63, 3.8) is 0 Å². The quantitative estimate of drug-likeness (QED) is 0.197. The summed E-state index contributed by atoms with van der Waals surface area (Å²) in [7, 11) is 0. The van der Waals surface area contributed by atoms with Crippen LogP contribution < -0.4 is 16.5 Å². The number of nitrogens with two attached hydrogens (primary N) is 2. The van der Waals surface area contributed by atoms with E-state index < -0.39 is 0 Å². The molecule has 9 heteroatoms. The first-order valence-corrected chi connectivity index (χ1v) is 15.1. The Labute approximate surface area is 220 Å². The molecule has 1 amide bonds. The molecule has 6 N–H and O–H groups in total. The molecule has 1 saturated heterocycles. The van der Waals surface area contributed by atoms with E-state index >= 15 is 0 Å². The van der Waals surface area contributed by atoms with Crippen molar-refractivity contribution in [2.75, 3.05) is 32.7 Å². The second kappa shape index (κ2) is 12.3. The molecular formula is C26H43IN7O+. The molecule has 3 rings (SSSR count). The Hall–Kier alpha value is -2.01. The summed E-state index contributed by atoms with van der Waals surface area (Å²) in [4.78, 5) is 25.3. The van der Waals surface area contributed by atoms with E-state index in [9.17, 15) is 4.79 Å². The Morgan fingerprint density at radius 3 is 2.63 bits per heavy atom. The van der Waals surface area contributed by atoms with Crippen molar-refractivity contribution in [2.45, 2.75) is 65.5 Å². The summed E-state index contributed by atoms with van der Waals surface area (Å²) in [5, 5.41) is 9.33. The first-order valence-electron chi connectivity index (χ1n) is 12.6. The smallest absolute Gasteiger partial charge is 0.313 e. The van der Waals surface area contributed by atoms with Gasteiger partial charge in [0.05, 0.1) is 5.69 Å². The molecule has 35 heavy (non-hydrogen) atoms. The first kappa shape index (κ1) is 27.6. The number of halogens is 1. The fourth-order valence-corrected chi connectivity index (χ4v) is 6.05. The third-order valence-corrected chi connectivity index (χ3v) is 8.42. The van der Waals surface area contributed by atoms with Crippen LogP contribution in [0.25, 0.3) is 6.08 Å². The number of guanidine groups is 1. The van der Waals surface area contributed by atoms with Gasteiger partial charge in [0.1, 0.15) is 6.54 Å². The molecule has 1 aromatic heterocycles. The highest BCUT2D eigenvalue weighted by Crippen LogP contribution is 2.24. The third kappa shape index (κ3) is 7.99. The van der Waals surface area contributed by atoms with Crippen molar-refractivity contribution >= 4 is 48.4 Å². The second-order valence-electron chi connectivity index (χ2n) is 10.9. The number of carbonyl (C=O) groups excluding carboxylic acids is 1. The van der Waals surface area contributed by atoms with Crippen LogP contribution in [0.3, 0.4) is 0 Å². The van der Waals surface area contributed by atoms with E-state index in [4.69, 9.17) is 11.1 Å². The van der Waals surface area contributed by atoms with E-state index in [0.717, 1.165) is 45.4 Å². The maximum Gasteiger partial charge on any atom is 0.313 e. The number of aromatic nitrogens is 1. The number of aromatic amines is 1. The van der Waals surface area contributed by atoms with Crippen LogP contribution in [0.1, 0.15) is 64.3 Å². The molecule has 0 spiro atoms. The van der Waals surface area contributed by atoms with Crippen molar-refractivity contribution < 1.29 is 10.2 Å². The van der Waals surface area contributed by atoms with Gasteiger partial charge < -0.3 is 20.9 Å². The van der Waals surface area contributed by atoms with Crippen molar-refractivity contribution in [1.29, 1.82) is 0 Å². The Morgan fingerprint density at radius 1 is 1.26 bits per heavy atom. The standard InChI is InChI=1S/C26H42IN7O/c1-18(2)6-7-20(14-19-16-30-23-15-27-9-8-21(19)23)32-24(35)22(28)17-31-25(29)33-10-12-34(13-11-33)26(3,4)5/h8-9,15-16,18,20,28,30H,6-7,10-14,17H2,1-5H3,(H2,29,31)(H,32,35)/p+1. The summed E-state index contributed by atoms with van der Waals surface area (Å²) in [5.41, 5.74) is 10.3. The van der Waals surface area contributed by atoms with Gasteiger partial charge in [-0.05, 0) is 65.7 Å². The highest BCUT2D eigenvalue weighted by atomic mass is 127. The zero-order valence-corrected chi connectivity index (χ0v) is 24.1. The monoisotopic (exact) mass is 596 g/mol. The summed E-state index contributed by atoms with van der Waals surface area (Å²) in [6.07, 6.45) is 7.01. The first-order chi connectivity index (χ1) is 16.5. The van der Waals surface area contributed by atoms with E-state index in [1.54, 1.807) is 0 Å². The molecule has 1 unspecified atom stereocenters. The highest BCUT2D eigenvalue weighted by molar-refractivity contribution is 14.2. The molecule has 0 radical (unpaired) electrons. The van der Waals surface area contributed by atoms with E-state index in [-0.39, 0.29) is 50.5 Å². The molecule has 0 aromatic carbocycles. The largest absolute Gasteiger partial charge is 0.370 e. The number of rotatable bonds is 9. The van der Waals surface area contributed by atoms with Crippen LogP contribution in [-0.2, 0) is 11.2 Å². The molecule has 1 fully saturated rings. The van der Waals surface area contributed by atoms with Crippen molar-refractivity contribution in [1.82, 2.24) is 20.1 Å².